The zero-order valence-electron chi connectivity index (χ0n) is 19.1. The van der Waals surface area contributed by atoms with Gasteiger partial charge < -0.3 is 13.3 Å². The molecular formula is C26H23N3O5S. The largest absolute Gasteiger partial charge is 0.436 e. The molecule has 1 aliphatic rings. The minimum absolute atomic E-state index is 0.0284. The molecule has 0 N–H and O–H groups in total. The molecule has 8 nitrogen and oxygen atoms in total. The first-order valence-corrected chi connectivity index (χ1v) is 12.6. The fraction of sp³-hybridized carbons (Fsp3) is 0.231. The molecule has 0 unspecified atom stereocenters. The van der Waals surface area contributed by atoms with E-state index in [-0.39, 0.29) is 16.2 Å². The molecule has 35 heavy (non-hydrogen) atoms. The minimum atomic E-state index is -4.23. The lowest BCUT2D eigenvalue weighted by Gasteiger charge is -2.27. The highest BCUT2D eigenvalue weighted by atomic mass is 32.2. The summed E-state index contributed by atoms with van der Waals surface area (Å²) in [5.74, 6) is 0.637. The van der Waals surface area contributed by atoms with Crippen LogP contribution in [0.5, 0.6) is 5.75 Å². The van der Waals surface area contributed by atoms with Gasteiger partial charge in [-0.15, -0.1) is 0 Å². The fourth-order valence-corrected chi connectivity index (χ4v) is 5.14. The molecule has 0 amide bonds. The number of nitriles is 1. The molecule has 0 spiro atoms. The van der Waals surface area contributed by atoms with Gasteiger partial charge in [-0.2, -0.15) is 13.7 Å². The van der Waals surface area contributed by atoms with E-state index < -0.39 is 10.1 Å². The summed E-state index contributed by atoms with van der Waals surface area (Å²) < 4.78 is 43.2. The van der Waals surface area contributed by atoms with E-state index in [4.69, 9.17) is 13.3 Å². The molecule has 0 aliphatic carbocycles. The summed E-state index contributed by atoms with van der Waals surface area (Å²) in [6.45, 7) is 5.10. The third kappa shape index (κ3) is 4.91. The SMILES string of the molecule is Cc1ccc2oc(-c3ccc(OS(=O)(=O)c4ccccc4C#N)c(CN4CCOCC4)c3)nc2c1. The monoisotopic (exact) mass is 489 g/mol. The topological polar surface area (TPSA) is 106 Å². The summed E-state index contributed by atoms with van der Waals surface area (Å²) in [6.07, 6.45) is 0. The summed E-state index contributed by atoms with van der Waals surface area (Å²) in [4.78, 5) is 6.61. The molecule has 5 rings (SSSR count). The van der Waals surface area contributed by atoms with E-state index in [1.54, 1.807) is 24.3 Å². The summed E-state index contributed by atoms with van der Waals surface area (Å²) in [5.41, 5.74) is 3.92. The van der Waals surface area contributed by atoms with Crippen molar-refractivity contribution in [1.29, 1.82) is 5.26 Å². The predicted molar refractivity (Wildman–Crippen MR) is 129 cm³/mol. The number of aromatic nitrogens is 1. The number of oxazole rings is 1. The van der Waals surface area contributed by atoms with Gasteiger partial charge in [-0.05, 0) is 55.0 Å². The van der Waals surface area contributed by atoms with Crippen molar-refractivity contribution in [2.24, 2.45) is 0 Å². The van der Waals surface area contributed by atoms with Gasteiger partial charge in [0.25, 0.3) is 0 Å². The Bertz CT molecular complexity index is 1530. The lowest BCUT2D eigenvalue weighted by molar-refractivity contribution is 0.0340. The molecule has 178 valence electrons. The van der Waals surface area contributed by atoms with Crippen LogP contribution in [0.25, 0.3) is 22.6 Å². The minimum Gasteiger partial charge on any atom is -0.436 e. The Labute approximate surface area is 203 Å². The van der Waals surface area contributed by atoms with Gasteiger partial charge in [0.1, 0.15) is 22.2 Å². The number of nitrogens with zero attached hydrogens (tertiary/aromatic N) is 3. The Morgan fingerprint density at radius 3 is 2.69 bits per heavy atom. The normalized spacial score (nSPS) is 14.6. The summed E-state index contributed by atoms with van der Waals surface area (Å²) in [5, 5.41) is 9.35. The lowest BCUT2D eigenvalue weighted by atomic mass is 10.1. The van der Waals surface area contributed by atoms with Crippen LogP contribution < -0.4 is 4.18 Å². The van der Waals surface area contributed by atoms with E-state index in [9.17, 15) is 13.7 Å². The first-order valence-electron chi connectivity index (χ1n) is 11.2. The van der Waals surface area contributed by atoms with Crippen molar-refractivity contribution >= 4 is 21.2 Å². The molecule has 2 heterocycles. The summed E-state index contributed by atoms with van der Waals surface area (Å²) >= 11 is 0. The molecule has 1 aliphatic heterocycles. The number of hydrogen-bond acceptors (Lipinski definition) is 8. The Hall–Kier alpha value is -3.71. The van der Waals surface area contributed by atoms with Crippen LogP contribution in [0.1, 0.15) is 16.7 Å². The number of aryl methyl sites for hydroxylation is 1. The van der Waals surface area contributed by atoms with Crippen LogP contribution in [-0.2, 0) is 21.4 Å². The Morgan fingerprint density at radius 2 is 1.89 bits per heavy atom. The van der Waals surface area contributed by atoms with E-state index in [0.29, 0.717) is 42.4 Å². The maximum atomic E-state index is 13.1. The van der Waals surface area contributed by atoms with Crippen LogP contribution in [0.3, 0.4) is 0 Å². The number of hydrogen-bond donors (Lipinski definition) is 0. The lowest BCUT2D eigenvalue weighted by Crippen LogP contribution is -2.35. The average Bonchev–Trinajstić information content (AvgIpc) is 3.29. The average molecular weight is 490 g/mol. The van der Waals surface area contributed by atoms with Gasteiger partial charge in [-0.3, -0.25) is 4.90 Å². The van der Waals surface area contributed by atoms with E-state index in [2.05, 4.69) is 9.88 Å². The van der Waals surface area contributed by atoms with E-state index in [1.165, 1.54) is 12.1 Å². The predicted octanol–water partition coefficient (Wildman–Crippen LogP) is 4.27. The van der Waals surface area contributed by atoms with Gasteiger partial charge in [0.2, 0.25) is 5.89 Å². The smallest absolute Gasteiger partial charge is 0.340 e. The van der Waals surface area contributed by atoms with Crippen molar-refractivity contribution in [3.63, 3.8) is 0 Å². The van der Waals surface area contributed by atoms with Crippen molar-refractivity contribution < 1.29 is 21.8 Å². The van der Waals surface area contributed by atoms with Crippen LogP contribution in [0.2, 0.25) is 0 Å². The van der Waals surface area contributed by atoms with Crippen molar-refractivity contribution in [3.05, 3.63) is 77.4 Å². The zero-order chi connectivity index (χ0) is 24.4. The fourth-order valence-electron chi connectivity index (χ4n) is 4.02. The van der Waals surface area contributed by atoms with Crippen molar-refractivity contribution in [3.8, 4) is 23.3 Å². The molecular weight excluding hydrogens is 466 g/mol. The molecule has 0 radical (unpaired) electrons. The maximum absolute atomic E-state index is 13.1. The molecule has 0 bridgehead atoms. The Morgan fingerprint density at radius 1 is 1.09 bits per heavy atom. The van der Waals surface area contributed by atoms with Gasteiger partial charge in [-0.1, -0.05) is 18.2 Å². The van der Waals surface area contributed by atoms with Gasteiger partial charge >= 0.3 is 10.1 Å². The first kappa shape index (κ1) is 23.1. The van der Waals surface area contributed by atoms with Gasteiger partial charge in [-0.25, -0.2) is 4.98 Å². The molecule has 4 aromatic rings. The quantitative estimate of drug-likeness (QED) is 0.370. The molecule has 9 heteroatoms. The van der Waals surface area contributed by atoms with Crippen molar-refractivity contribution in [2.45, 2.75) is 18.4 Å². The van der Waals surface area contributed by atoms with Gasteiger partial charge in [0.05, 0.1) is 18.8 Å². The molecule has 1 saturated heterocycles. The zero-order valence-corrected chi connectivity index (χ0v) is 19.9. The maximum Gasteiger partial charge on any atom is 0.340 e. The third-order valence-electron chi connectivity index (χ3n) is 5.82. The Balaban J connectivity index is 1.54. The van der Waals surface area contributed by atoms with E-state index >= 15 is 0 Å². The second-order valence-corrected chi connectivity index (χ2v) is 9.86. The molecule has 0 atom stereocenters. The number of rotatable bonds is 6. The van der Waals surface area contributed by atoms with Gasteiger partial charge in [0, 0.05) is 30.8 Å². The number of ether oxygens (including phenoxy) is 1. The number of benzene rings is 3. The molecule has 3 aromatic carbocycles. The van der Waals surface area contributed by atoms with Crippen molar-refractivity contribution in [2.75, 3.05) is 26.3 Å². The molecule has 0 saturated carbocycles. The standard InChI is InChI=1S/C26H23N3O5S/c1-18-6-8-24-22(14-18)28-26(33-24)19-7-9-23(21(15-19)17-29-10-12-32-13-11-29)34-35(30,31)25-5-3-2-4-20(25)16-27/h2-9,14-15H,10-13,17H2,1H3. The highest BCUT2D eigenvalue weighted by molar-refractivity contribution is 7.87. The van der Waals surface area contributed by atoms with E-state index in [1.807, 2.05) is 37.3 Å². The summed E-state index contributed by atoms with van der Waals surface area (Å²) in [7, 11) is -4.23. The Kier molecular flexibility index (Phi) is 6.26. The first-order chi connectivity index (χ1) is 16.9. The third-order valence-corrected chi connectivity index (χ3v) is 7.12. The van der Waals surface area contributed by atoms with Crippen LogP contribution in [-0.4, -0.2) is 44.6 Å². The van der Waals surface area contributed by atoms with Crippen LogP contribution in [0.15, 0.2) is 70.0 Å². The molecule has 1 fully saturated rings. The van der Waals surface area contributed by atoms with Crippen molar-refractivity contribution in [1.82, 2.24) is 9.88 Å². The van der Waals surface area contributed by atoms with E-state index in [0.717, 1.165) is 24.2 Å². The number of morpholine rings is 1. The molecule has 1 aromatic heterocycles. The van der Waals surface area contributed by atoms with Gasteiger partial charge in [0.15, 0.2) is 5.58 Å². The van der Waals surface area contributed by atoms with Crippen LogP contribution in [0, 0.1) is 18.3 Å². The second-order valence-electron chi connectivity index (χ2n) is 8.35. The van der Waals surface area contributed by atoms with Crippen LogP contribution >= 0.6 is 0 Å². The highest BCUT2D eigenvalue weighted by Gasteiger charge is 2.24. The number of fused-ring (bicyclic) bond motifs is 1. The second kappa shape index (κ2) is 9.50. The van der Waals surface area contributed by atoms with Crippen LogP contribution in [0.4, 0.5) is 0 Å². The summed E-state index contributed by atoms with van der Waals surface area (Å²) in [6, 6.07) is 18.9. The highest BCUT2D eigenvalue weighted by Crippen LogP contribution is 2.32.